The Kier molecular flexibility index (Phi) is 4.41. The lowest BCUT2D eigenvalue weighted by Crippen LogP contribution is -2.33. The SMILES string of the molecule is O=c1cc(C[n+]2ccc(Cc3ccccc3)cc2)c2c(ccc3ccccc32)o1. The zero-order valence-corrected chi connectivity index (χ0v) is 15.9. The first kappa shape index (κ1) is 17.4. The van der Waals surface area contributed by atoms with Crippen molar-refractivity contribution in [3.05, 3.63) is 124 Å². The normalized spacial score (nSPS) is 11.2. The van der Waals surface area contributed by atoms with E-state index in [1.54, 1.807) is 6.07 Å². The van der Waals surface area contributed by atoms with E-state index in [0.717, 1.165) is 28.1 Å². The molecule has 3 heteroatoms. The van der Waals surface area contributed by atoms with Crippen LogP contribution in [0.3, 0.4) is 0 Å². The standard InChI is InChI=1S/C26H20NO2/c28-25-17-22(26-23-9-5-4-8-21(23)10-11-24(26)29-25)18-27-14-12-20(13-15-27)16-19-6-2-1-3-7-19/h1-15,17H,16,18H2/q+1. The van der Waals surface area contributed by atoms with E-state index in [1.165, 1.54) is 11.1 Å². The van der Waals surface area contributed by atoms with Crippen LogP contribution in [0.5, 0.6) is 0 Å². The van der Waals surface area contributed by atoms with E-state index in [-0.39, 0.29) is 5.63 Å². The Morgan fingerprint density at radius 3 is 2.31 bits per heavy atom. The van der Waals surface area contributed by atoms with Crippen LogP contribution in [0.25, 0.3) is 21.7 Å². The third-order valence-corrected chi connectivity index (χ3v) is 5.28. The summed E-state index contributed by atoms with van der Waals surface area (Å²) in [5, 5.41) is 3.24. The largest absolute Gasteiger partial charge is 0.423 e. The molecule has 5 rings (SSSR count). The van der Waals surface area contributed by atoms with Gasteiger partial charge in [-0.2, -0.15) is 0 Å². The summed E-state index contributed by atoms with van der Waals surface area (Å²) >= 11 is 0. The monoisotopic (exact) mass is 378 g/mol. The molecular weight excluding hydrogens is 358 g/mol. The minimum Gasteiger partial charge on any atom is -0.423 e. The highest BCUT2D eigenvalue weighted by Gasteiger charge is 2.13. The molecule has 3 nitrogen and oxygen atoms in total. The lowest BCUT2D eigenvalue weighted by molar-refractivity contribution is -0.688. The number of fused-ring (bicyclic) bond motifs is 3. The van der Waals surface area contributed by atoms with Crippen LogP contribution in [-0.2, 0) is 13.0 Å². The smallest absolute Gasteiger partial charge is 0.336 e. The summed E-state index contributed by atoms with van der Waals surface area (Å²) < 4.78 is 7.57. The summed E-state index contributed by atoms with van der Waals surface area (Å²) in [4.78, 5) is 12.1. The van der Waals surface area contributed by atoms with Gasteiger partial charge in [-0.25, -0.2) is 9.36 Å². The molecule has 0 spiro atoms. The number of hydrogen-bond acceptors (Lipinski definition) is 2. The number of aromatic nitrogens is 1. The molecule has 0 saturated carbocycles. The third kappa shape index (κ3) is 3.55. The Morgan fingerprint density at radius 1 is 0.759 bits per heavy atom. The number of nitrogens with zero attached hydrogens (tertiary/aromatic N) is 1. The maximum atomic E-state index is 12.1. The third-order valence-electron chi connectivity index (χ3n) is 5.28. The highest BCUT2D eigenvalue weighted by molar-refractivity contribution is 6.06. The van der Waals surface area contributed by atoms with Crippen molar-refractivity contribution in [2.45, 2.75) is 13.0 Å². The van der Waals surface area contributed by atoms with Crippen LogP contribution in [0.2, 0.25) is 0 Å². The van der Waals surface area contributed by atoms with Gasteiger partial charge in [-0.05, 0) is 34.4 Å². The fourth-order valence-corrected chi connectivity index (χ4v) is 3.88. The summed E-state index contributed by atoms with van der Waals surface area (Å²) in [5.41, 5.74) is 3.84. The fraction of sp³-hybridized carbons (Fsp3) is 0.0769. The molecule has 2 heterocycles. The summed E-state index contributed by atoms with van der Waals surface area (Å²) in [5.74, 6) is 0. The van der Waals surface area contributed by atoms with Gasteiger partial charge < -0.3 is 4.42 Å². The van der Waals surface area contributed by atoms with E-state index >= 15 is 0 Å². The summed E-state index contributed by atoms with van der Waals surface area (Å²) in [6, 6.07) is 28.4. The van der Waals surface area contributed by atoms with Crippen molar-refractivity contribution in [3.8, 4) is 0 Å². The van der Waals surface area contributed by atoms with E-state index in [0.29, 0.717) is 12.1 Å². The molecule has 0 amide bonds. The van der Waals surface area contributed by atoms with Crippen LogP contribution in [0.4, 0.5) is 0 Å². The van der Waals surface area contributed by atoms with Gasteiger partial charge in [0.15, 0.2) is 18.9 Å². The van der Waals surface area contributed by atoms with Crippen LogP contribution < -0.4 is 10.2 Å². The first-order valence-corrected chi connectivity index (χ1v) is 9.73. The van der Waals surface area contributed by atoms with E-state index < -0.39 is 0 Å². The molecule has 5 aromatic rings. The molecule has 29 heavy (non-hydrogen) atoms. The molecule has 3 aromatic carbocycles. The molecule has 0 fully saturated rings. The van der Waals surface area contributed by atoms with Gasteiger partial charge in [0.05, 0.1) is 0 Å². The first-order valence-electron chi connectivity index (χ1n) is 9.73. The van der Waals surface area contributed by atoms with Crippen molar-refractivity contribution in [2.24, 2.45) is 0 Å². The van der Waals surface area contributed by atoms with Gasteiger partial charge in [-0.1, -0.05) is 60.7 Å². The average Bonchev–Trinajstić information content (AvgIpc) is 2.75. The van der Waals surface area contributed by atoms with Crippen molar-refractivity contribution in [1.29, 1.82) is 0 Å². The van der Waals surface area contributed by atoms with Crippen molar-refractivity contribution in [3.63, 3.8) is 0 Å². The number of rotatable bonds is 4. The molecule has 0 unspecified atom stereocenters. The minimum atomic E-state index is -0.316. The van der Waals surface area contributed by atoms with E-state index in [2.05, 4.69) is 65.5 Å². The number of hydrogen-bond donors (Lipinski definition) is 0. The minimum absolute atomic E-state index is 0.316. The molecule has 0 atom stereocenters. The Labute approximate surface area is 168 Å². The highest BCUT2D eigenvalue weighted by atomic mass is 16.4. The Balaban J connectivity index is 1.51. The quantitative estimate of drug-likeness (QED) is 0.254. The average molecular weight is 378 g/mol. The Morgan fingerprint density at radius 2 is 1.48 bits per heavy atom. The lowest BCUT2D eigenvalue weighted by Gasteiger charge is -2.07. The van der Waals surface area contributed by atoms with Gasteiger partial charge in [0.1, 0.15) is 5.58 Å². The molecule has 140 valence electrons. The molecule has 2 aromatic heterocycles. The molecule has 0 aliphatic rings. The number of benzene rings is 3. The van der Waals surface area contributed by atoms with Gasteiger partial charge in [0, 0.05) is 29.1 Å². The maximum absolute atomic E-state index is 12.1. The van der Waals surface area contributed by atoms with Crippen molar-refractivity contribution in [1.82, 2.24) is 0 Å². The highest BCUT2D eigenvalue weighted by Crippen LogP contribution is 2.27. The van der Waals surface area contributed by atoms with E-state index in [1.807, 2.05) is 30.3 Å². The van der Waals surface area contributed by atoms with Gasteiger partial charge >= 0.3 is 5.63 Å². The molecule has 0 N–H and O–H groups in total. The van der Waals surface area contributed by atoms with Crippen LogP contribution in [-0.4, -0.2) is 0 Å². The van der Waals surface area contributed by atoms with Gasteiger partial charge in [0.2, 0.25) is 0 Å². The predicted octanol–water partition coefficient (Wildman–Crippen LogP) is 4.87. The van der Waals surface area contributed by atoms with Gasteiger partial charge in [-0.3, -0.25) is 0 Å². The fourth-order valence-electron chi connectivity index (χ4n) is 3.88. The molecule has 0 saturated heterocycles. The van der Waals surface area contributed by atoms with Crippen LogP contribution >= 0.6 is 0 Å². The maximum Gasteiger partial charge on any atom is 0.336 e. The molecule has 0 aliphatic carbocycles. The zero-order chi connectivity index (χ0) is 19.6. The van der Waals surface area contributed by atoms with E-state index in [9.17, 15) is 4.79 Å². The van der Waals surface area contributed by atoms with Crippen molar-refractivity contribution >= 4 is 21.7 Å². The first-order chi connectivity index (χ1) is 14.3. The summed E-state index contributed by atoms with van der Waals surface area (Å²) in [6.45, 7) is 0.613. The lowest BCUT2D eigenvalue weighted by atomic mass is 10.0. The number of pyridine rings is 1. The second kappa shape index (κ2) is 7.36. The second-order valence-corrected chi connectivity index (χ2v) is 7.29. The topological polar surface area (TPSA) is 34.1 Å². The molecular formula is C26H20NO2+. The van der Waals surface area contributed by atoms with Crippen molar-refractivity contribution < 1.29 is 8.98 Å². The molecule has 0 bridgehead atoms. The van der Waals surface area contributed by atoms with Crippen LogP contribution in [0.15, 0.2) is 107 Å². The van der Waals surface area contributed by atoms with Crippen molar-refractivity contribution in [2.75, 3.05) is 0 Å². The zero-order valence-electron chi connectivity index (χ0n) is 15.9. The van der Waals surface area contributed by atoms with E-state index in [4.69, 9.17) is 4.42 Å². The van der Waals surface area contributed by atoms with Gasteiger partial charge in [0.25, 0.3) is 0 Å². The second-order valence-electron chi connectivity index (χ2n) is 7.29. The summed E-state index contributed by atoms with van der Waals surface area (Å²) in [6.07, 6.45) is 5.05. The molecule has 0 radical (unpaired) electrons. The van der Waals surface area contributed by atoms with Gasteiger partial charge in [-0.15, -0.1) is 0 Å². The summed E-state index contributed by atoms with van der Waals surface area (Å²) in [7, 11) is 0. The predicted molar refractivity (Wildman–Crippen MR) is 115 cm³/mol. The molecule has 0 aliphatic heterocycles. The van der Waals surface area contributed by atoms with Crippen LogP contribution in [0, 0.1) is 0 Å². The van der Waals surface area contributed by atoms with Crippen LogP contribution in [0.1, 0.15) is 16.7 Å². The Hall–Kier alpha value is -3.72. The Bertz CT molecular complexity index is 1350.